The number of rotatable bonds is 3. The van der Waals surface area contributed by atoms with Gasteiger partial charge in [-0.15, -0.1) is 0 Å². The summed E-state index contributed by atoms with van der Waals surface area (Å²) in [5, 5.41) is 11.6. The first kappa shape index (κ1) is 12.5. The molecule has 0 atom stereocenters. The van der Waals surface area contributed by atoms with E-state index in [0.29, 0.717) is 23.6 Å². The van der Waals surface area contributed by atoms with E-state index in [1.54, 1.807) is 6.07 Å². The van der Waals surface area contributed by atoms with Gasteiger partial charge in [0.05, 0.1) is 11.1 Å². The number of aromatic nitrogens is 1. The van der Waals surface area contributed by atoms with Gasteiger partial charge in [-0.25, -0.2) is 0 Å². The van der Waals surface area contributed by atoms with E-state index in [1.807, 2.05) is 6.07 Å². The van der Waals surface area contributed by atoms with E-state index in [9.17, 15) is 4.79 Å². The molecule has 0 spiro atoms. The minimum Gasteiger partial charge on any atom is -0.381 e. The van der Waals surface area contributed by atoms with E-state index in [4.69, 9.17) is 10.00 Å². The summed E-state index contributed by atoms with van der Waals surface area (Å²) in [4.78, 5) is 15.7. The highest BCUT2D eigenvalue weighted by Gasteiger charge is 2.15. The lowest BCUT2D eigenvalue weighted by Crippen LogP contribution is -2.32. The van der Waals surface area contributed by atoms with Crippen LogP contribution < -0.4 is 5.32 Å². The summed E-state index contributed by atoms with van der Waals surface area (Å²) >= 11 is 0. The van der Waals surface area contributed by atoms with Crippen LogP contribution in [0.3, 0.4) is 0 Å². The average Bonchev–Trinajstić information content (AvgIpc) is 2.46. The van der Waals surface area contributed by atoms with Gasteiger partial charge in [-0.05, 0) is 24.8 Å². The Labute approximate surface area is 106 Å². The minimum atomic E-state index is -0.175. The van der Waals surface area contributed by atoms with Crippen LogP contribution in [0.25, 0.3) is 0 Å². The maximum Gasteiger partial charge on any atom is 0.252 e. The van der Waals surface area contributed by atoms with Crippen LogP contribution in [0.2, 0.25) is 0 Å². The van der Waals surface area contributed by atoms with Gasteiger partial charge in [0, 0.05) is 32.2 Å². The fraction of sp³-hybridized carbons (Fsp3) is 0.462. The van der Waals surface area contributed by atoms with Crippen molar-refractivity contribution >= 4 is 5.91 Å². The predicted octanol–water partition coefficient (Wildman–Crippen LogP) is 1.11. The maximum absolute atomic E-state index is 11.9. The second-order valence-corrected chi connectivity index (χ2v) is 4.34. The summed E-state index contributed by atoms with van der Waals surface area (Å²) in [7, 11) is 0. The Hall–Kier alpha value is -1.93. The van der Waals surface area contributed by atoms with Crippen LogP contribution in [-0.2, 0) is 4.74 Å². The van der Waals surface area contributed by atoms with Crippen LogP contribution >= 0.6 is 0 Å². The Morgan fingerprint density at radius 2 is 2.28 bits per heavy atom. The molecule has 0 bridgehead atoms. The van der Waals surface area contributed by atoms with Crippen molar-refractivity contribution in [1.29, 1.82) is 5.26 Å². The maximum atomic E-state index is 11.9. The fourth-order valence-electron chi connectivity index (χ4n) is 1.91. The molecule has 0 saturated carbocycles. The molecule has 2 rings (SSSR count). The first-order valence-corrected chi connectivity index (χ1v) is 6.00. The number of nitrogens with zero attached hydrogens (tertiary/aromatic N) is 2. The highest BCUT2D eigenvalue weighted by molar-refractivity contribution is 5.94. The molecule has 18 heavy (non-hydrogen) atoms. The number of hydrogen-bond donors (Lipinski definition) is 1. The fourth-order valence-corrected chi connectivity index (χ4v) is 1.91. The van der Waals surface area contributed by atoms with Gasteiger partial charge in [0.1, 0.15) is 6.07 Å². The Morgan fingerprint density at radius 3 is 3.00 bits per heavy atom. The number of nitrogens with one attached hydrogen (secondary N) is 1. The van der Waals surface area contributed by atoms with E-state index in [0.717, 1.165) is 26.1 Å². The molecule has 1 saturated heterocycles. The van der Waals surface area contributed by atoms with E-state index in [2.05, 4.69) is 10.3 Å². The van der Waals surface area contributed by atoms with E-state index < -0.39 is 0 Å². The topological polar surface area (TPSA) is 75.0 Å². The zero-order valence-corrected chi connectivity index (χ0v) is 10.1. The highest BCUT2D eigenvalue weighted by atomic mass is 16.5. The van der Waals surface area contributed by atoms with Gasteiger partial charge in [0.25, 0.3) is 5.91 Å². The lowest BCUT2D eigenvalue weighted by atomic mass is 10.0. The SMILES string of the molecule is N#Cc1cncc(C(=O)NCC2CCOCC2)c1. The van der Waals surface area contributed by atoms with Gasteiger partial charge in [-0.1, -0.05) is 0 Å². The lowest BCUT2D eigenvalue weighted by molar-refractivity contribution is 0.0642. The summed E-state index contributed by atoms with van der Waals surface area (Å²) < 4.78 is 5.26. The van der Waals surface area contributed by atoms with E-state index >= 15 is 0 Å². The van der Waals surface area contributed by atoms with Crippen LogP contribution in [0, 0.1) is 17.2 Å². The average molecular weight is 245 g/mol. The third-order valence-corrected chi connectivity index (χ3v) is 3.02. The number of carbonyl (C=O) groups excluding carboxylic acids is 1. The largest absolute Gasteiger partial charge is 0.381 e. The van der Waals surface area contributed by atoms with Crippen molar-refractivity contribution in [3.8, 4) is 6.07 Å². The van der Waals surface area contributed by atoms with E-state index in [1.165, 1.54) is 12.4 Å². The quantitative estimate of drug-likeness (QED) is 0.865. The Bertz CT molecular complexity index is 462. The molecule has 2 heterocycles. The molecule has 1 aromatic rings. The molecule has 1 aliphatic heterocycles. The number of hydrogen-bond acceptors (Lipinski definition) is 4. The lowest BCUT2D eigenvalue weighted by Gasteiger charge is -2.22. The Kier molecular flexibility index (Phi) is 4.26. The Balaban J connectivity index is 1.89. The molecule has 1 fully saturated rings. The third kappa shape index (κ3) is 3.28. The van der Waals surface area contributed by atoms with Gasteiger partial charge in [0.2, 0.25) is 0 Å². The van der Waals surface area contributed by atoms with Crippen molar-refractivity contribution < 1.29 is 9.53 Å². The summed E-state index contributed by atoms with van der Waals surface area (Å²) in [5.74, 6) is 0.306. The standard InChI is InChI=1S/C13H15N3O2/c14-6-11-5-12(9-15-7-11)13(17)16-8-10-1-3-18-4-2-10/h5,7,9-10H,1-4,8H2,(H,16,17). The van der Waals surface area contributed by atoms with Crippen molar-refractivity contribution in [1.82, 2.24) is 10.3 Å². The summed E-state index contributed by atoms with van der Waals surface area (Å²) in [5.41, 5.74) is 0.829. The van der Waals surface area contributed by atoms with Crippen molar-refractivity contribution in [3.05, 3.63) is 29.6 Å². The molecule has 1 amide bonds. The molecule has 1 aliphatic rings. The molecule has 5 heteroatoms. The number of ether oxygens (including phenoxy) is 1. The molecule has 0 aliphatic carbocycles. The zero-order chi connectivity index (χ0) is 12.8. The van der Waals surface area contributed by atoms with Crippen LogP contribution in [0.5, 0.6) is 0 Å². The summed E-state index contributed by atoms with van der Waals surface area (Å²) in [6.45, 7) is 2.19. The minimum absolute atomic E-state index is 0.175. The van der Waals surface area contributed by atoms with Gasteiger partial charge >= 0.3 is 0 Å². The summed E-state index contributed by atoms with van der Waals surface area (Å²) in [6.07, 6.45) is 4.88. The van der Waals surface area contributed by atoms with Crippen LogP contribution in [0.1, 0.15) is 28.8 Å². The number of carbonyl (C=O) groups is 1. The molecule has 94 valence electrons. The summed E-state index contributed by atoms with van der Waals surface area (Å²) in [6, 6.07) is 3.52. The monoisotopic (exact) mass is 245 g/mol. The van der Waals surface area contributed by atoms with Crippen molar-refractivity contribution in [2.24, 2.45) is 5.92 Å². The molecule has 0 unspecified atom stereocenters. The van der Waals surface area contributed by atoms with Crippen LogP contribution in [0.15, 0.2) is 18.5 Å². The van der Waals surface area contributed by atoms with Gasteiger partial charge in [0.15, 0.2) is 0 Å². The van der Waals surface area contributed by atoms with Crippen molar-refractivity contribution in [2.75, 3.05) is 19.8 Å². The Morgan fingerprint density at radius 1 is 1.50 bits per heavy atom. The molecular weight excluding hydrogens is 230 g/mol. The number of nitriles is 1. The first-order chi connectivity index (χ1) is 8.79. The molecule has 0 radical (unpaired) electrons. The molecule has 5 nitrogen and oxygen atoms in total. The predicted molar refractivity (Wildman–Crippen MR) is 64.8 cm³/mol. The van der Waals surface area contributed by atoms with Crippen molar-refractivity contribution in [3.63, 3.8) is 0 Å². The van der Waals surface area contributed by atoms with Crippen molar-refractivity contribution in [2.45, 2.75) is 12.8 Å². The zero-order valence-electron chi connectivity index (χ0n) is 10.1. The second kappa shape index (κ2) is 6.12. The van der Waals surface area contributed by atoms with Crippen LogP contribution in [0.4, 0.5) is 0 Å². The molecule has 0 aromatic carbocycles. The molecule has 1 N–H and O–H groups in total. The molecule has 1 aromatic heterocycles. The smallest absolute Gasteiger partial charge is 0.252 e. The number of amides is 1. The van der Waals surface area contributed by atoms with Crippen LogP contribution in [-0.4, -0.2) is 30.6 Å². The van der Waals surface area contributed by atoms with Gasteiger partial charge < -0.3 is 10.1 Å². The van der Waals surface area contributed by atoms with E-state index in [-0.39, 0.29) is 5.91 Å². The van der Waals surface area contributed by atoms with Gasteiger partial charge in [-0.3, -0.25) is 9.78 Å². The number of pyridine rings is 1. The third-order valence-electron chi connectivity index (χ3n) is 3.02. The second-order valence-electron chi connectivity index (χ2n) is 4.34. The molecular formula is C13H15N3O2. The normalized spacial score (nSPS) is 15.9. The van der Waals surface area contributed by atoms with Gasteiger partial charge in [-0.2, -0.15) is 5.26 Å². The first-order valence-electron chi connectivity index (χ1n) is 6.00. The highest BCUT2D eigenvalue weighted by Crippen LogP contribution is 2.13.